The maximum atomic E-state index is 11.6. The molecule has 2 fully saturated rings. The van der Waals surface area contributed by atoms with Gasteiger partial charge in [-0.1, -0.05) is 16.9 Å². The summed E-state index contributed by atoms with van der Waals surface area (Å²) < 4.78 is 1.75. The van der Waals surface area contributed by atoms with E-state index in [0.717, 1.165) is 36.6 Å². The number of rotatable bonds is 6. The first-order valence-electron chi connectivity index (χ1n) is 6.40. The lowest BCUT2D eigenvalue weighted by Gasteiger charge is -2.13. The summed E-state index contributed by atoms with van der Waals surface area (Å²) in [5.74, 6) is 1.12. The summed E-state index contributed by atoms with van der Waals surface area (Å²) in [6.07, 6.45) is 4.88. The van der Waals surface area contributed by atoms with Gasteiger partial charge in [0.15, 0.2) is 5.16 Å². The van der Waals surface area contributed by atoms with Gasteiger partial charge in [-0.25, -0.2) is 9.89 Å². The largest absolute Gasteiger partial charge is 0.409 e. The second-order valence-corrected chi connectivity index (χ2v) is 6.41. The highest BCUT2D eigenvalue weighted by Gasteiger charge is 2.44. The van der Waals surface area contributed by atoms with Crippen LogP contribution in [-0.4, -0.2) is 31.6 Å². The van der Waals surface area contributed by atoms with Crippen LogP contribution in [0.5, 0.6) is 0 Å². The van der Waals surface area contributed by atoms with Gasteiger partial charge in [0.25, 0.3) is 0 Å². The van der Waals surface area contributed by atoms with Crippen molar-refractivity contribution in [2.45, 2.75) is 43.3 Å². The SMILES string of the molecule is NC(CC1(CSc2n[nH]c(=O)n2C2CC2)CC1)=NO. The second kappa shape index (κ2) is 4.59. The minimum Gasteiger partial charge on any atom is -0.409 e. The smallest absolute Gasteiger partial charge is 0.344 e. The van der Waals surface area contributed by atoms with Crippen molar-refractivity contribution in [2.75, 3.05) is 5.75 Å². The number of oxime groups is 1. The van der Waals surface area contributed by atoms with Gasteiger partial charge in [-0.05, 0) is 31.1 Å². The van der Waals surface area contributed by atoms with E-state index in [1.165, 1.54) is 0 Å². The van der Waals surface area contributed by atoms with Crippen molar-refractivity contribution >= 4 is 17.6 Å². The Morgan fingerprint density at radius 1 is 1.63 bits per heavy atom. The third-order valence-electron chi connectivity index (χ3n) is 3.73. The number of thioether (sulfide) groups is 1. The van der Waals surface area contributed by atoms with Crippen molar-refractivity contribution in [3.05, 3.63) is 10.5 Å². The van der Waals surface area contributed by atoms with Crippen molar-refractivity contribution in [1.82, 2.24) is 14.8 Å². The van der Waals surface area contributed by atoms with Crippen molar-refractivity contribution in [3.63, 3.8) is 0 Å². The normalized spacial score (nSPS) is 21.6. The first-order chi connectivity index (χ1) is 9.13. The van der Waals surface area contributed by atoms with Crippen molar-refractivity contribution < 1.29 is 5.21 Å². The Morgan fingerprint density at radius 2 is 2.37 bits per heavy atom. The predicted octanol–water partition coefficient (Wildman–Crippen LogP) is 0.915. The number of nitrogens with two attached hydrogens (primary N) is 1. The molecule has 2 aliphatic rings. The van der Waals surface area contributed by atoms with E-state index in [9.17, 15) is 4.79 Å². The predicted molar refractivity (Wildman–Crippen MR) is 71.5 cm³/mol. The lowest BCUT2D eigenvalue weighted by Crippen LogP contribution is -2.20. The Bertz CT molecular complexity index is 556. The van der Waals surface area contributed by atoms with E-state index in [0.29, 0.717) is 12.5 Å². The molecule has 0 radical (unpaired) electrons. The van der Waals surface area contributed by atoms with Gasteiger partial charge in [0, 0.05) is 18.2 Å². The quantitative estimate of drug-likeness (QED) is 0.236. The second-order valence-electron chi connectivity index (χ2n) is 5.47. The van der Waals surface area contributed by atoms with E-state index in [4.69, 9.17) is 10.9 Å². The van der Waals surface area contributed by atoms with Gasteiger partial charge in [0.1, 0.15) is 5.84 Å². The molecule has 104 valence electrons. The van der Waals surface area contributed by atoms with Crippen LogP contribution in [-0.2, 0) is 0 Å². The fourth-order valence-corrected chi connectivity index (χ4v) is 3.54. The fourth-order valence-electron chi connectivity index (χ4n) is 2.23. The van der Waals surface area contributed by atoms with Crippen molar-refractivity contribution in [3.8, 4) is 0 Å². The van der Waals surface area contributed by atoms with Crippen molar-refractivity contribution in [1.29, 1.82) is 0 Å². The van der Waals surface area contributed by atoms with Crippen LogP contribution in [0.2, 0.25) is 0 Å². The number of hydrogen-bond acceptors (Lipinski definition) is 5. The number of hydrogen-bond donors (Lipinski definition) is 3. The van der Waals surface area contributed by atoms with Crippen LogP contribution in [0.1, 0.15) is 38.1 Å². The minimum atomic E-state index is -0.119. The molecule has 0 atom stereocenters. The molecule has 2 saturated carbocycles. The Balaban J connectivity index is 1.65. The summed E-state index contributed by atoms with van der Waals surface area (Å²) in [4.78, 5) is 11.6. The summed E-state index contributed by atoms with van der Waals surface area (Å²) in [5, 5.41) is 19.0. The van der Waals surface area contributed by atoms with Gasteiger partial charge < -0.3 is 10.9 Å². The molecule has 0 aromatic carbocycles. The average molecular weight is 283 g/mol. The molecule has 0 bridgehead atoms. The van der Waals surface area contributed by atoms with Crippen LogP contribution in [0.3, 0.4) is 0 Å². The number of nitrogens with one attached hydrogen (secondary N) is 1. The molecule has 0 amide bonds. The number of nitrogens with zero attached hydrogens (tertiary/aromatic N) is 3. The van der Waals surface area contributed by atoms with Crippen LogP contribution >= 0.6 is 11.8 Å². The molecule has 8 heteroatoms. The molecular formula is C11H17N5O2S. The lowest BCUT2D eigenvalue weighted by molar-refractivity contribution is 0.315. The van der Waals surface area contributed by atoms with E-state index >= 15 is 0 Å². The van der Waals surface area contributed by atoms with Gasteiger partial charge in [-0.2, -0.15) is 0 Å². The first-order valence-corrected chi connectivity index (χ1v) is 7.38. The third-order valence-corrected chi connectivity index (χ3v) is 5.04. The third kappa shape index (κ3) is 2.63. The molecule has 0 unspecified atom stereocenters. The summed E-state index contributed by atoms with van der Waals surface area (Å²) >= 11 is 1.59. The molecule has 4 N–H and O–H groups in total. The molecular weight excluding hydrogens is 266 g/mol. The topological polar surface area (TPSA) is 109 Å². The zero-order valence-corrected chi connectivity index (χ0v) is 11.3. The van der Waals surface area contributed by atoms with Crippen LogP contribution in [0.4, 0.5) is 0 Å². The summed E-state index contributed by atoms with van der Waals surface area (Å²) in [7, 11) is 0. The number of aromatic amines is 1. The van der Waals surface area contributed by atoms with E-state index < -0.39 is 0 Å². The number of amidine groups is 1. The van der Waals surface area contributed by atoms with Gasteiger partial charge in [-0.3, -0.25) is 4.57 Å². The Hall–Kier alpha value is -1.44. The van der Waals surface area contributed by atoms with Crippen LogP contribution in [0, 0.1) is 5.41 Å². The van der Waals surface area contributed by atoms with Crippen LogP contribution in [0.15, 0.2) is 15.1 Å². The maximum absolute atomic E-state index is 11.6. The number of aromatic nitrogens is 3. The van der Waals surface area contributed by atoms with E-state index in [1.807, 2.05) is 0 Å². The van der Waals surface area contributed by atoms with E-state index in [2.05, 4.69) is 15.4 Å². The molecule has 0 spiro atoms. The molecule has 7 nitrogen and oxygen atoms in total. The highest BCUT2D eigenvalue weighted by Crippen LogP contribution is 2.52. The van der Waals surface area contributed by atoms with Crippen LogP contribution < -0.4 is 11.4 Å². The zero-order valence-electron chi connectivity index (χ0n) is 10.5. The van der Waals surface area contributed by atoms with Gasteiger partial charge in [0.2, 0.25) is 0 Å². The molecule has 3 rings (SSSR count). The fraction of sp³-hybridized carbons (Fsp3) is 0.727. The standard InChI is InChI=1S/C11H17N5O2S/c12-8(15-18)5-11(3-4-11)6-19-10-14-13-9(17)16(10)7-1-2-7/h7,18H,1-6H2,(H2,12,15)(H,13,17). The monoisotopic (exact) mass is 283 g/mol. The molecule has 1 aromatic rings. The average Bonchev–Trinajstić information content (AvgIpc) is 3.31. The highest BCUT2D eigenvalue weighted by molar-refractivity contribution is 7.99. The minimum absolute atomic E-state index is 0.115. The van der Waals surface area contributed by atoms with Gasteiger partial charge in [-0.15, -0.1) is 5.10 Å². The summed E-state index contributed by atoms with van der Waals surface area (Å²) in [5.41, 5.74) is 5.57. The molecule has 2 aliphatic carbocycles. The molecule has 0 aliphatic heterocycles. The number of H-pyrrole nitrogens is 1. The van der Waals surface area contributed by atoms with Gasteiger partial charge >= 0.3 is 5.69 Å². The molecule has 1 aromatic heterocycles. The molecule has 1 heterocycles. The van der Waals surface area contributed by atoms with E-state index in [1.54, 1.807) is 16.3 Å². The summed E-state index contributed by atoms with van der Waals surface area (Å²) in [6, 6.07) is 0.327. The zero-order chi connectivity index (χ0) is 13.5. The van der Waals surface area contributed by atoms with Crippen LogP contribution in [0.25, 0.3) is 0 Å². The van der Waals surface area contributed by atoms with Crippen molar-refractivity contribution in [2.24, 2.45) is 16.3 Å². The highest BCUT2D eigenvalue weighted by atomic mass is 32.2. The lowest BCUT2D eigenvalue weighted by atomic mass is 10.1. The summed E-state index contributed by atoms with van der Waals surface area (Å²) in [6.45, 7) is 0. The molecule has 0 saturated heterocycles. The van der Waals surface area contributed by atoms with E-state index in [-0.39, 0.29) is 16.9 Å². The maximum Gasteiger partial charge on any atom is 0.344 e. The Labute approximate surface area is 114 Å². The van der Waals surface area contributed by atoms with Gasteiger partial charge in [0.05, 0.1) is 0 Å². The molecule has 19 heavy (non-hydrogen) atoms. The Kier molecular flexibility index (Phi) is 3.04. The first kappa shape index (κ1) is 12.6. The Morgan fingerprint density at radius 3 is 2.95 bits per heavy atom.